The van der Waals surface area contributed by atoms with E-state index in [-0.39, 0.29) is 11.8 Å². The van der Waals surface area contributed by atoms with Crippen LogP contribution in [0.5, 0.6) is 0 Å². The van der Waals surface area contributed by atoms with Gasteiger partial charge in [0.15, 0.2) is 5.69 Å². The van der Waals surface area contributed by atoms with Crippen LogP contribution in [0.25, 0.3) is 5.78 Å². The van der Waals surface area contributed by atoms with E-state index in [9.17, 15) is 13.2 Å². The normalized spacial score (nSPS) is 15.6. The predicted molar refractivity (Wildman–Crippen MR) is 114 cm³/mol. The number of rotatable bonds is 4. The van der Waals surface area contributed by atoms with Gasteiger partial charge in [0.1, 0.15) is 12.1 Å². The molecule has 0 unspecified atom stereocenters. The Labute approximate surface area is 182 Å². The molecule has 1 aliphatic heterocycles. The van der Waals surface area contributed by atoms with Crippen LogP contribution in [0.2, 0.25) is 0 Å². The fourth-order valence-corrected chi connectivity index (χ4v) is 4.26. The lowest BCUT2D eigenvalue weighted by Gasteiger charge is -2.40. The number of anilines is 1. The third-order valence-corrected chi connectivity index (χ3v) is 5.76. The van der Waals surface area contributed by atoms with Crippen LogP contribution in [0.15, 0.2) is 73.1 Å². The van der Waals surface area contributed by atoms with E-state index in [2.05, 4.69) is 44.2 Å². The summed E-state index contributed by atoms with van der Waals surface area (Å²) in [5.41, 5.74) is 1.42. The smallest absolute Gasteiger partial charge is 0.354 e. The van der Waals surface area contributed by atoms with Crippen molar-refractivity contribution in [3.05, 3.63) is 89.9 Å². The highest BCUT2D eigenvalue weighted by Crippen LogP contribution is 2.33. The zero-order chi connectivity index (χ0) is 22.1. The Morgan fingerprint density at radius 2 is 1.41 bits per heavy atom. The second-order valence-electron chi connectivity index (χ2n) is 7.72. The molecule has 2 aromatic carbocycles. The zero-order valence-electron chi connectivity index (χ0n) is 17.2. The molecule has 0 N–H and O–H groups in total. The minimum Gasteiger partial charge on any atom is -0.354 e. The number of aromatic nitrogens is 4. The molecule has 0 spiro atoms. The molecule has 9 heteroatoms. The topological polar surface area (TPSA) is 49.6 Å². The van der Waals surface area contributed by atoms with Gasteiger partial charge < -0.3 is 4.90 Å². The SMILES string of the molecule is FC(F)(F)c1cc(N2CCN(C(c3ccccc3)c3ccccc3)CC2)n2ncnc2n1. The van der Waals surface area contributed by atoms with Crippen molar-refractivity contribution in [3.63, 3.8) is 0 Å². The molecule has 4 aromatic rings. The van der Waals surface area contributed by atoms with Crippen molar-refractivity contribution < 1.29 is 13.2 Å². The molecule has 0 bridgehead atoms. The summed E-state index contributed by atoms with van der Waals surface area (Å²) >= 11 is 0. The van der Waals surface area contributed by atoms with E-state index in [1.807, 2.05) is 41.3 Å². The van der Waals surface area contributed by atoms with Crippen molar-refractivity contribution in [3.8, 4) is 0 Å². The van der Waals surface area contributed by atoms with Crippen LogP contribution in [-0.4, -0.2) is 50.7 Å². The molecule has 0 atom stereocenters. The summed E-state index contributed by atoms with van der Waals surface area (Å²) in [6.45, 7) is 2.50. The van der Waals surface area contributed by atoms with Gasteiger partial charge in [0.25, 0.3) is 5.78 Å². The first kappa shape index (κ1) is 20.4. The average molecular weight is 438 g/mol. The summed E-state index contributed by atoms with van der Waals surface area (Å²) in [6, 6.07) is 21.7. The fourth-order valence-electron chi connectivity index (χ4n) is 4.26. The number of piperazine rings is 1. The molecule has 3 heterocycles. The van der Waals surface area contributed by atoms with E-state index in [4.69, 9.17) is 0 Å². The molecule has 0 radical (unpaired) electrons. The molecule has 0 aliphatic carbocycles. The van der Waals surface area contributed by atoms with Crippen LogP contribution in [0, 0.1) is 0 Å². The number of benzene rings is 2. The lowest BCUT2D eigenvalue weighted by Crippen LogP contribution is -2.48. The molecule has 0 amide bonds. The maximum absolute atomic E-state index is 13.4. The first-order valence-corrected chi connectivity index (χ1v) is 10.4. The fraction of sp³-hybridized carbons (Fsp3) is 0.261. The largest absolute Gasteiger partial charge is 0.433 e. The van der Waals surface area contributed by atoms with E-state index in [0.717, 1.165) is 6.07 Å². The van der Waals surface area contributed by atoms with Crippen molar-refractivity contribution >= 4 is 11.6 Å². The number of fused-ring (bicyclic) bond motifs is 1. The Hall–Kier alpha value is -3.46. The summed E-state index contributed by atoms with van der Waals surface area (Å²) in [7, 11) is 0. The van der Waals surface area contributed by atoms with Gasteiger partial charge in [-0.05, 0) is 11.1 Å². The molecule has 2 aromatic heterocycles. The first-order valence-electron chi connectivity index (χ1n) is 10.4. The highest BCUT2D eigenvalue weighted by molar-refractivity contribution is 5.48. The van der Waals surface area contributed by atoms with Crippen LogP contribution in [0.3, 0.4) is 0 Å². The zero-order valence-corrected chi connectivity index (χ0v) is 17.2. The van der Waals surface area contributed by atoms with E-state index in [1.165, 1.54) is 22.0 Å². The van der Waals surface area contributed by atoms with Crippen LogP contribution < -0.4 is 4.90 Å². The minimum atomic E-state index is -4.55. The maximum Gasteiger partial charge on any atom is 0.433 e. The molecular weight excluding hydrogens is 417 g/mol. The molecule has 32 heavy (non-hydrogen) atoms. The van der Waals surface area contributed by atoms with Crippen molar-refractivity contribution in [1.82, 2.24) is 24.5 Å². The van der Waals surface area contributed by atoms with Gasteiger partial charge in [-0.2, -0.15) is 27.8 Å². The van der Waals surface area contributed by atoms with E-state index >= 15 is 0 Å². The average Bonchev–Trinajstić information content (AvgIpc) is 3.29. The monoisotopic (exact) mass is 438 g/mol. The summed E-state index contributed by atoms with van der Waals surface area (Å²) in [4.78, 5) is 11.8. The number of hydrogen-bond acceptors (Lipinski definition) is 5. The maximum atomic E-state index is 13.4. The van der Waals surface area contributed by atoms with Gasteiger partial charge in [-0.25, -0.2) is 4.98 Å². The standard InChI is InChI=1S/C23H21F3N6/c24-23(25,26)19-15-20(32-22(29-19)27-16-28-32)30-11-13-31(14-12-30)21(17-7-3-1-4-8-17)18-9-5-2-6-10-18/h1-10,15-16,21H,11-14H2. The molecule has 6 nitrogen and oxygen atoms in total. The summed E-state index contributed by atoms with van der Waals surface area (Å²) < 4.78 is 41.5. The van der Waals surface area contributed by atoms with Gasteiger partial charge in [-0.3, -0.25) is 4.90 Å². The second-order valence-corrected chi connectivity index (χ2v) is 7.72. The van der Waals surface area contributed by atoms with E-state index in [1.54, 1.807) is 0 Å². The van der Waals surface area contributed by atoms with Gasteiger partial charge in [-0.15, -0.1) is 0 Å². The Morgan fingerprint density at radius 3 is 1.97 bits per heavy atom. The Kier molecular flexibility index (Phi) is 5.26. The predicted octanol–water partition coefficient (Wildman–Crippen LogP) is 4.05. The van der Waals surface area contributed by atoms with Crippen LogP contribution in [-0.2, 0) is 6.18 Å². The number of nitrogens with zero attached hydrogens (tertiary/aromatic N) is 6. The number of alkyl halides is 3. The summed E-state index contributed by atoms with van der Waals surface area (Å²) in [5.74, 6) is 0.305. The number of halogens is 3. The van der Waals surface area contributed by atoms with Gasteiger partial charge in [0.2, 0.25) is 0 Å². The molecule has 0 saturated carbocycles. The Bertz CT molecular complexity index is 1150. The van der Waals surface area contributed by atoms with Crippen molar-refractivity contribution in [2.45, 2.75) is 12.2 Å². The summed E-state index contributed by atoms with van der Waals surface area (Å²) in [5, 5.41) is 4.09. The summed E-state index contributed by atoms with van der Waals surface area (Å²) in [6.07, 6.45) is -3.32. The molecule has 1 aliphatic rings. The highest BCUT2D eigenvalue weighted by atomic mass is 19.4. The quantitative estimate of drug-likeness (QED) is 0.481. The third-order valence-electron chi connectivity index (χ3n) is 5.76. The van der Waals surface area contributed by atoms with E-state index in [0.29, 0.717) is 32.0 Å². The van der Waals surface area contributed by atoms with Gasteiger partial charge >= 0.3 is 6.18 Å². The third kappa shape index (κ3) is 3.91. The minimum absolute atomic E-state index is 0.0521. The van der Waals surface area contributed by atoms with Crippen molar-refractivity contribution in [1.29, 1.82) is 0 Å². The van der Waals surface area contributed by atoms with Gasteiger partial charge in [0, 0.05) is 32.2 Å². The van der Waals surface area contributed by atoms with Gasteiger partial charge in [0.05, 0.1) is 6.04 Å². The second kappa shape index (κ2) is 8.23. The highest BCUT2D eigenvalue weighted by Gasteiger charge is 2.35. The van der Waals surface area contributed by atoms with Crippen LogP contribution in [0.4, 0.5) is 19.0 Å². The molecule has 164 valence electrons. The Morgan fingerprint density at radius 1 is 0.812 bits per heavy atom. The number of hydrogen-bond donors (Lipinski definition) is 0. The molecule has 1 fully saturated rings. The van der Waals surface area contributed by atoms with Gasteiger partial charge in [-0.1, -0.05) is 60.7 Å². The molecule has 1 saturated heterocycles. The lowest BCUT2D eigenvalue weighted by atomic mass is 9.96. The first-order chi connectivity index (χ1) is 15.5. The van der Waals surface area contributed by atoms with Crippen LogP contribution >= 0.6 is 0 Å². The van der Waals surface area contributed by atoms with Crippen molar-refractivity contribution in [2.24, 2.45) is 0 Å². The molecular formula is C23H21F3N6. The van der Waals surface area contributed by atoms with E-state index < -0.39 is 11.9 Å². The van der Waals surface area contributed by atoms with Crippen LogP contribution in [0.1, 0.15) is 22.9 Å². The molecule has 5 rings (SSSR count). The van der Waals surface area contributed by atoms with Crippen molar-refractivity contribution in [2.75, 3.05) is 31.1 Å². The lowest BCUT2D eigenvalue weighted by molar-refractivity contribution is -0.141. The Balaban J connectivity index is 1.43.